The third-order valence-corrected chi connectivity index (χ3v) is 7.33. The summed E-state index contributed by atoms with van der Waals surface area (Å²) in [7, 11) is 0. The zero-order valence-electron chi connectivity index (χ0n) is 16.0. The number of aliphatic carboxylic acids is 1. The van der Waals surface area contributed by atoms with Crippen molar-refractivity contribution in [3.05, 3.63) is 23.7 Å². The second-order valence-corrected chi connectivity index (χ2v) is 8.66. The molecule has 2 aliphatic rings. The van der Waals surface area contributed by atoms with Crippen LogP contribution < -0.4 is 5.73 Å². The minimum atomic E-state index is -1.10. The fourth-order valence-corrected chi connectivity index (χ4v) is 5.82. The molecule has 2 aliphatic heterocycles. The highest BCUT2D eigenvalue weighted by Crippen LogP contribution is 2.40. The molecule has 1 amide bonds. The zero-order valence-corrected chi connectivity index (χ0v) is 17.6. The van der Waals surface area contributed by atoms with Crippen LogP contribution in [0.15, 0.2) is 28.8 Å². The SMILES string of the molecule is CCn1cc(-c2nnc(SCC3=C(C(=O)O)N4C(=O)[C@H](N)[C@@H]4SC3)n2CC)cn1. The van der Waals surface area contributed by atoms with Crippen molar-refractivity contribution in [3.8, 4) is 11.4 Å². The smallest absolute Gasteiger partial charge is 0.352 e. The first-order valence-corrected chi connectivity index (χ1v) is 11.2. The normalized spacial score (nSPS) is 21.3. The van der Waals surface area contributed by atoms with E-state index in [1.807, 2.05) is 29.3 Å². The number of nitrogens with zero attached hydrogens (tertiary/aromatic N) is 6. The Morgan fingerprint density at radius 1 is 1.38 bits per heavy atom. The van der Waals surface area contributed by atoms with E-state index in [1.165, 1.54) is 28.4 Å². The molecule has 0 aliphatic carbocycles. The summed E-state index contributed by atoms with van der Waals surface area (Å²) in [5, 5.41) is 22.9. The number of hydrogen-bond acceptors (Lipinski definition) is 8. The first-order valence-electron chi connectivity index (χ1n) is 9.20. The Morgan fingerprint density at radius 3 is 2.83 bits per heavy atom. The van der Waals surface area contributed by atoms with E-state index in [0.717, 1.165) is 17.9 Å². The molecule has 1 fully saturated rings. The minimum absolute atomic E-state index is 0.0555. The van der Waals surface area contributed by atoms with Gasteiger partial charge >= 0.3 is 5.97 Å². The van der Waals surface area contributed by atoms with Crippen molar-refractivity contribution in [1.82, 2.24) is 29.4 Å². The molecule has 1 saturated heterocycles. The summed E-state index contributed by atoms with van der Waals surface area (Å²) >= 11 is 2.91. The largest absolute Gasteiger partial charge is 0.477 e. The van der Waals surface area contributed by atoms with Crippen molar-refractivity contribution in [3.63, 3.8) is 0 Å². The lowest BCUT2D eigenvalue weighted by atomic mass is 10.0. The van der Waals surface area contributed by atoms with Gasteiger partial charge in [-0.15, -0.1) is 22.0 Å². The summed E-state index contributed by atoms with van der Waals surface area (Å²) in [5.74, 6) is 0.217. The lowest BCUT2D eigenvalue weighted by Crippen LogP contribution is -2.68. The van der Waals surface area contributed by atoms with Gasteiger partial charge in [0, 0.05) is 30.8 Å². The molecule has 2 aromatic heterocycles. The molecular formula is C17H21N7O3S2. The predicted molar refractivity (Wildman–Crippen MR) is 109 cm³/mol. The molecule has 29 heavy (non-hydrogen) atoms. The van der Waals surface area contributed by atoms with Crippen LogP contribution in [0.3, 0.4) is 0 Å². The molecule has 3 N–H and O–H groups in total. The second-order valence-electron chi connectivity index (χ2n) is 6.62. The van der Waals surface area contributed by atoms with Gasteiger partial charge in [-0.2, -0.15) is 5.10 Å². The Morgan fingerprint density at radius 2 is 2.17 bits per heavy atom. The van der Waals surface area contributed by atoms with Gasteiger partial charge in [-0.3, -0.25) is 14.4 Å². The number of carboxylic acid groups (broad SMARTS) is 1. The number of aromatic nitrogens is 5. The second kappa shape index (κ2) is 7.84. The van der Waals surface area contributed by atoms with Gasteiger partial charge in [0.05, 0.1) is 11.8 Å². The highest BCUT2D eigenvalue weighted by molar-refractivity contribution is 8.01. The van der Waals surface area contributed by atoms with Crippen LogP contribution in [0.5, 0.6) is 0 Å². The molecule has 12 heteroatoms. The van der Waals surface area contributed by atoms with E-state index in [-0.39, 0.29) is 17.0 Å². The van der Waals surface area contributed by atoms with Gasteiger partial charge in [-0.1, -0.05) is 11.8 Å². The van der Waals surface area contributed by atoms with Crippen LogP contribution in [-0.2, 0) is 22.7 Å². The predicted octanol–water partition coefficient (Wildman–Crippen LogP) is 0.855. The maximum absolute atomic E-state index is 12.1. The van der Waals surface area contributed by atoms with Gasteiger partial charge in [-0.25, -0.2) is 4.79 Å². The standard InChI is InChI=1S/C17H21N7O3S2/c1-3-22-6-9(5-19-22)13-20-21-17(23(13)4-2)29-8-10-7-28-15-11(18)14(25)24(15)12(10)16(26)27/h5-6,11,15H,3-4,7-8,18H2,1-2H3,(H,26,27)/t11-,15-/m0/s1. The summed E-state index contributed by atoms with van der Waals surface area (Å²) in [6.07, 6.45) is 3.68. The lowest BCUT2D eigenvalue weighted by molar-refractivity contribution is -0.147. The third kappa shape index (κ3) is 3.34. The van der Waals surface area contributed by atoms with E-state index in [9.17, 15) is 14.7 Å². The van der Waals surface area contributed by atoms with E-state index in [0.29, 0.717) is 28.8 Å². The first kappa shape index (κ1) is 20.0. The molecule has 0 unspecified atom stereocenters. The minimum Gasteiger partial charge on any atom is -0.477 e. The molecule has 0 spiro atoms. The fraction of sp³-hybridized carbons (Fsp3) is 0.471. The Hall–Kier alpha value is -2.31. The molecular weight excluding hydrogens is 414 g/mol. The van der Waals surface area contributed by atoms with E-state index >= 15 is 0 Å². The molecule has 2 atom stereocenters. The molecule has 4 rings (SSSR count). The Labute approximate surface area is 175 Å². The van der Waals surface area contributed by atoms with Gasteiger partial charge in [-0.05, 0) is 19.4 Å². The number of carbonyl (C=O) groups excluding carboxylic acids is 1. The maximum atomic E-state index is 12.1. The average molecular weight is 436 g/mol. The number of thioether (sulfide) groups is 2. The molecule has 4 heterocycles. The molecule has 0 bridgehead atoms. The maximum Gasteiger partial charge on any atom is 0.352 e. The number of nitrogens with two attached hydrogens (primary N) is 1. The summed E-state index contributed by atoms with van der Waals surface area (Å²) in [6.45, 7) is 5.46. The van der Waals surface area contributed by atoms with Crippen molar-refractivity contribution < 1.29 is 14.7 Å². The fourth-order valence-electron chi connectivity index (χ4n) is 3.39. The number of carboxylic acids is 1. The van der Waals surface area contributed by atoms with Gasteiger partial charge in [0.1, 0.15) is 17.1 Å². The van der Waals surface area contributed by atoms with Crippen LogP contribution in [0.25, 0.3) is 11.4 Å². The number of rotatable bonds is 7. The number of β-lactam (4-membered cyclic amide) rings is 1. The van der Waals surface area contributed by atoms with Crippen LogP contribution >= 0.6 is 23.5 Å². The summed E-state index contributed by atoms with van der Waals surface area (Å²) in [4.78, 5) is 25.2. The van der Waals surface area contributed by atoms with Gasteiger partial charge in [0.2, 0.25) is 5.91 Å². The monoisotopic (exact) mass is 435 g/mol. The van der Waals surface area contributed by atoms with E-state index in [1.54, 1.807) is 6.20 Å². The summed E-state index contributed by atoms with van der Waals surface area (Å²) in [6, 6.07) is -0.627. The number of fused-ring (bicyclic) bond motifs is 1. The molecule has 0 saturated carbocycles. The van der Waals surface area contributed by atoms with Gasteiger partial charge < -0.3 is 15.4 Å². The van der Waals surface area contributed by atoms with E-state index in [4.69, 9.17) is 5.73 Å². The van der Waals surface area contributed by atoms with Crippen LogP contribution in [0.1, 0.15) is 13.8 Å². The highest BCUT2D eigenvalue weighted by atomic mass is 32.2. The van der Waals surface area contributed by atoms with Crippen LogP contribution in [0.4, 0.5) is 0 Å². The van der Waals surface area contributed by atoms with Gasteiger partial charge in [0.15, 0.2) is 11.0 Å². The summed E-state index contributed by atoms with van der Waals surface area (Å²) in [5.41, 5.74) is 7.43. The lowest BCUT2D eigenvalue weighted by Gasteiger charge is -2.48. The van der Waals surface area contributed by atoms with Crippen molar-refractivity contribution in [2.24, 2.45) is 5.73 Å². The van der Waals surface area contributed by atoms with E-state index < -0.39 is 12.0 Å². The topological polar surface area (TPSA) is 132 Å². The van der Waals surface area contributed by atoms with E-state index in [2.05, 4.69) is 15.3 Å². The molecule has 0 radical (unpaired) electrons. The molecule has 0 aromatic carbocycles. The van der Waals surface area contributed by atoms with Gasteiger partial charge in [0.25, 0.3) is 0 Å². The number of aryl methyl sites for hydroxylation is 1. The Balaban J connectivity index is 1.57. The number of amides is 1. The molecule has 10 nitrogen and oxygen atoms in total. The van der Waals surface area contributed by atoms with Crippen LogP contribution in [0.2, 0.25) is 0 Å². The van der Waals surface area contributed by atoms with Crippen molar-refractivity contribution in [1.29, 1.82) is 0 Å². The first-order chi connectivity index (χ1) is 14.0. The van der Waals surface area contributed by atoms with Crippen molar-refractivity contribution in [2.75, 3.05) is 11.5 Å². The third-order valence-electron chi connectivity index (χ3n) is 4.91. The number of hydrogen-bond donors (Lipinski definition) is 2. The molecule has 154 valence electrons. The summed E-state index contributed by atoms with van der Waals surface area (Å²) < 4.78 is 3.80. The average Bonchev–Trinajstić information content (AvgIpc) is 3.36. The Kier molecular flexibility index (Phi) is 5.40. The number of carbonyl (C=O) groups is 2. The quantitative estimate of drug-likeness (QED) is 0.480. The highest BCUT2D eigenvalue weighted by Gasteiger charge is 2.51. The molecule has 2 aromatic rings. The zero-order chi connectivity index (χ0) is 20.7. The van der Waals surface area contributed by atoms with Crippen LogP contribution in [-0.4, -0.2) is 69.3 Å². The van der Waals surface area contributed by atoms with Crippen LogP contribution in [0, 0.1) is 0 Å². The van der Waals surface area contributed by atoms with Crippen molar-refractivity contribution >= 4 is 35.4 Å². The van der Waals surface area contributed by atoms with Crippen molar-refractivity contribution in [2.45, 2.75) is 43.5 Å². The Bertz CT molecular complexity index is 999.